The SMILES string of the molecule is CN=C(NCc1ccc(C)cc1OC1CCOC1)NC1CC1c1ccccc1F. The average Bonchev–Trinajstić information content (AvgIpc) is 3.28. The average molecular weight is 397 g/mol. The first-order chi connectivity index (χ1) is 14.1. The van der Waals surface area contributed by atoms with Crippen LogP contribution in [0.5, 0.6) is 5.75 Å². The molecular weight excluding hydrogens is 369 g/mol. The van der Waals surface area contributed by atoms with Crippen molar-refractivity contribution in [1.82, 2.24) is 10.6 Å². The van der Waals surface area contributed by atoms with Crippen LogP contribution >= 0.6 is 0 Å². The second-order valence-electron chi connectivity index (χ2n) is 7.75. The monoisotopic (exact) mass is 397 g/mol. The van der Waals surface area contributed by atoms with Crippen molar-refractivity contribution >= 4 is 5.96 Å². The van der Waals surface area contributed by atoms with E-state index in [9.17, 15) is 4.39 Å². The number of halogens is 1. The maximum atomic E-state index is 14.0. The van der Waals surface area contributed by atoms with E-state index in [4.69, 9.17) is 9.47 Å². The van der Waals surface area contributed by atoms with Gasteiger partial charge in [-0.05, 0) is 36.6 Å². The van der Waals surface area contributed by atoms with E-state index < -0.39 is 0 Å². The van der Waals surface area contributed by atoms with Crippen molar-refractivity contribution in [2.75, 3.05) is 20.3 Å². The van der Waals surface area contributed by atoms with Crippen molar-refractivity contribution in [3.8, 4) is 5.75 Å². The largest absolute Gasteiger partial charge is 0.488 e. The van der Waals surface area contributed by atoms with E-state index >= 15 is 0 Å². The molecule has 0 bridgehead atoms. The van der Waals surface area contributed by atoms with Gasteiger partial charge in [0.2, 0.25) is 0 Å². The van der Waals surface area contributed by atoms with E-state index in [1.54, 1.807) is 13.1 Å². The number of hydrogen-bond acceptors (Lipinski definition) is 3. The highest BCUT2D eigenvalue weighted by atomic mass is 19.1. The molecular formula is C23H28FN3O2. The van der Waals surface area contributed by atoms with Crippen molar-refractivity contribution in [3.05, 3.63) is 65.0 Å². The molecule has 2 aliphatic rings. The summed E-state index contributed by atoms with van der Waals surface area (Å²) in [6, 6.07) is 13.4. The summed E-state index contributed by atoms with van der Waals surface area (Å²) in [6.07, 6.45) is 1.94. The van der Waals surface area contributed by atoms with Gasteiger partial charge >= 0.3 is 0 Å². The molecule has 2 aromatic rings. The Morgan fingerprint density at radius 2 is 2.14 bits per heavy atom. The van der Waals surface area contributed by atoms with E-state index in [2.05, 4.69) is 40.7 Å². The number of nitrogens with one attached hydrogen (secondary N) is 2. The van der Waals surface area contributed by atoms with Gasteiger partial charge in [0.1, 0.15) is 17.7 Å². The summed E-state index contributed by atoms with van der Waals surface area (Å²) >= 11 is 0. The van der Waals surface area contributed by atoms with E-state index in [-0.39, 0.29) is 23.9 Å². The third kappa shape index (κ3) is 4.88. The van der Waals surface area contributed by atoms with Gasteiger partial charge in [0.15, 0.2) is 5.96 Å². The molecule has 154 valence electrons. The number of rotatable bonds is 6. The highest BCUT2D eigenvalue weighted by Gasteiger charge is 2.40. The van der Waals surface area contributed by atoms with Gasteiger partial charge in [-0.1, -0.05) is 30.3 Å². The maximum Gasteiger partial charge on any atom is 0.191 e. The van der Waals surface area contributed by atoms with Crippen LogP contribution in [0.2, 0.25) is 0 Å². The predicted molar refractivity (Wildman–Crippen MR) is 112 cm³/mol. The fraction of sp³-hybridized carbons (Fsp3) is 0.435. The Labute approximate surface area is 171 Å². The smallest absolute Gasteiger partial charge is 0.191 e. The normalized spacial score (nSPS) is 23.7. The Morgan fingerprint density at radius 3 is 2.90 bits per heavy atom. The van der Waals surface area contributed by atoms with Crippen molar-refractivity contribution in [2.24, 2.45) is 4.99 Å². The van der Waals surface area contributed by atoms with Gasteiger partial charge in [0, 0.05) is 37.5 Å². The van der Waals surface area contributed by atoms with Gasteiger partial charge in [-0.15, -0.1) is 0 Å². The number of aryl methyl sites for hydroxylation is 1. The summed E-state index contributed by atoms with van der Waals surface area (Å²) in [6.45, 7) is 4.06. The molecule has 2 N–H and O–H groups in total. The van der Waals surface area contributed by atoms with E-state index in [0.717, 1.165) is 41.9 Å². The minimum atomic E-state index is -0.137. The predicted octanol–water partition coefficient (Wildman–Crippen LogP) is 3.52. The summed E-state index contributed by atoms with van der Waals surface area (Å²) in [5.41, 5.74) is 3.01. The lowest BCUT2D eigenvalue weighted by Crippen LogP contribution is -2.38. The van der Waals surface area contributed by atoms with E-state index in [1.807, 2.05) is 12.1 Å². The molecule has 0 aromatic heterocycles. The van der Waals surface area contributed by atoms with Crippen LogP contribution in [0, 0.1) is 12.7 Å². The molecule has 3 unspecified atom stereocenters. The number of nitrogens with zero attached hydrogens (tertiary/aromatic N) is 1. The molecule has 1 aliphatic carbocycles. The van der Waals surface area contributed by atoms with E-state index in [1.165, 1.54) is 6.07 Å². The van der Waals surface area contributed by atoms with Crippen molar-refractivity contribution < 1.29 is 13.9 Å². The first kappa shape index (κ1) is 19.7. The fourth-order valence-corrected chi connectivity index (χ4v) is 3.73. The zero-order chi connectivity index (χ0) is 20.2. The second-order valence-corrected chi connectivity index (χ2v) is 7.75. The number of hydrogen-bond donors (Lipinski definition) is 2. The molecule has 6 heteroatoms. The van der Waals surface area contributed by atoms with Crippen LogP contribution in [-0.2, 0) is 11.3 Å². The van der Waals surface area contributed by atoms with Gasteiger partial charge in [0.05, 0.1) is 13.2 Å². The number of benzene rings is 2. The second kappa shape index (κ2) is 8.82. The lowest BCUT2D eigenvalue weighted by Gasteiger charge is -2.18. The quantitative estimate of drug-likeness (QED) is 0.579. The van der Waals surface area contributed by atoms with Crippen molar-refractivity contribution in [1.29, 1.82) is 0 Å². The Bertz CT molecular complexity index is 880. The van der Waals surface area contributed by atoms with Gasteiger partial charge in [-0.2, -0.15) is 0 Å². The standard InChI is InChI=1S/C23H28FN3O2/c1-15-7-8-16(22(11-15)29-17-9-10-28-14-17)13-26-23(25-2)27-21-12-19(21)18-5-3-4-6-20(18)24/h3-8,11,17,19,21H,9-10,12-14H2,1-2H3,(H2,25,26,27). The minimum Gasteiger partial charge on any atom is -0.488 e. The molecule has 1 saturated carbocycles. The molecule has 3 atom stereocenters. The molecule has 1 saturated heterocycles. The first-order valence-electron chi connectivity index (χ1n) is 10.2. The van der Waals surface area contributed by atoms with Crippen LogP contribution in [0.4, 0.5) is 4.39 Å². The molecule has 4 rings (SSSR count). The first-order valence-corrected chi connectivity index (χ1v) is 10.2. The fourth-order valence-electron chi connectivity index (χ4n) is 3.73. The van der Waals surface area contributed by atoms with Crippen LogP contribution in [0.25, 0.3) is 0 Å². The molecule has 0 amide bonds. The van der Waals surface area contributed by atoms with Gasteiger partial charge in [0.25, 0.3) is 0 Å². The van der Waals surface area contributed by atoms with Crippen LogP contribution < -0.4 is 15.4 Å². The molecule has 0 radical (unpaired) electrons. The lowest BCUT2D eigenvalue weighted by molar-refractivity contribution is 0.140. The molecule has 0 spiro atoms. The molecule has 5 nitrogen and oxygen atoms in total. The third-order valence-corrected chi connectivity index (χ3v) is 5.49. The van der Waals surface area contributed by atoms with Crippen LogP contribution in [-0.4, -0.2) is 38.4 Å². The molecule has 1 aliphatic heterocycles. The van der Waals surface area contributed by atoms with Gasteiger partial charge in [-0.25, -0.2) is 4.39 Å². The summed E-state index contributed by atoms with van der Waals surface area (Å²) in [7, 11) is 1.75. The molecule has 2 aromatic carbocycles. The highest BCUT2D eigenvalue weighted by molar-refractivity contribution is 5.80. The van der Waals surface area contributed by atoms with E-state index in [0.29, 0.717) is 19.1 Å². The molecule has 29 heavy (non-hydrogen) atoms. The Morgan fingerprint density at radius 1 is 1.28 bits per heavy atom. The lowest BCUT2D eigenvalue weighted by atomic mass is 10.1. The summed E-state index contributed by atoms with van der Waals surface area (Å²) in [4.78, 5) is 4.32. The Balaban J connectivity index is 1.35. The maximum absolute atomic E-state index is 14.0. The Hall–Kier alpha value is -2.60. The third-order valence-electron chi connectivity index (χ3n) is 5.49. The van der Waals surface area contributed by atoms with Crippen LogP contribution in [0.3, 0.4) is 0 Å². The van der Waals surface area contributed by atoms with Crippen molar-refractivity contribution in [3.63, 3.8) is 0 Å². The minimum absolute atomic E-state index is 0.112. The number of ether oxygens (including phenoxy) is 2. The van der Waals surface area contributed by atoms with Crippen molar-refractivity contribution in [2.45, 2.75) is 44.4 Å². The number of aliphatic imine (C=N–C) groups is 1. The van der Waals surface area contributed by atoms with Crippen LogP contribution in [0.1, 0.15) is 35.4 Å². The summed E-state index contributed by atoms with van der Waals surface area (Å²) < 4.78 is 25.6. The number of guanidine groups is 1. The van der Waals surface area contributed by atoms with Gasteiger partial charge in [-0.3, -0.25) is 4.99 Å². The highest BCUT2D eigenvalue weighted by Crippen LogP contribution is 2.41. The Kier molecular flexibility index (Phi) is 6.00. The zero-order valence-corrected chi connectivity index (χ0v) is 17.0. The van der Waals surface area contributed by atoms with Gasteiger partial charge < -0.3 is 20.1 Å². The molecule has 1 heterocycles. The molecule has 2 fully saturated rings. The summed E-state index contributed by atoms with van der Waals surface area (Å²) in [5.74, 6) is 1.65. The topological polar surface area (TPSA) is 54.9 Å². The summed E-state index contributed by atoms with van der Waals surface area (Å²) in [5, 5.41) is 6.76. The zero-order valence-electron chi connectivity index (χ0n) is 17.0. The van der Waals surface area contributed by atoms with Crippen LogP contribution in [0.15, 0.2) is 47.5 Å².